The van der Waals surface area contributed by atoms with Crippen molar-refractivity contribution in [1.29, 1.82) is 0 Å². The number of carbonyl (C=O) groups excluding carboxylic acids is 1. The van der Waals surface area contributed by atoms with Gasteiger partial charge in [-0.3, -0.25) is 4.79 Å². The molecule has 0 aliphatic heterocycles. The predicted molar refractivity (Wildman–Crippen MR) is 80.2 cm³/mol. The summed E-state index contributed by atoms with van der Waals surface area (Å²) in [5, 5.41) is 0. The Morgan fingerprint density at radius 1 is 1.11 bits per heavy atom. The monoisotopic (exact) mass is 258 g/mol. The lowest BCUT2D eigenvalue weighted by molar-refractivity contribution is -0.123. The smallest absolute Gasteiger partial charge is 0.140 e. The van der Waals surface area contributed by atoms with Gasteiger partial charge in [0.05, 0.1) is 0 Å². The van der Waals surface area contributed by atoms with E-state index in [9.17, 15) is 4.79 Å². The van der Waals surface area contributed by atoms with Gasteiger partial charge in [-0.25, -0.2) is 0 Å². The Morgan fingerprint density at radius 2 is 1.74 bits per heavy atom. The van der Waals surface area contributed by atoms with Crippen molar-refractivity contribution in [2.45, 2.75) is 58.8 Å². The minimum Gasteiger partial charge on any atom is -0.299 e. The minimum atomic E-state index is 0.328. The van der Waals surface area contributed by atoms with Gasteiger partial charge in [0, 0.05) is 12.3 Å². The number of ketones is 1. The molecule has 1 aliphatic carbocycles. The van der Waals surface area contributed by atoms with Gasteiger partial charge in [-0.1, -0.05) is 49.6 Å². The Bertz CT molecular complexity index is 396. The Morgan fingerprint density at radius 3 is 2.32 bits per heavy atom. The molecular formula is C18H26O. The Kier molecular flexibility index (Phi) is 5.18. The third-order valence-corrected chi connectivity index (χ3v) is 4.50. The van der Waals surface area contributed by atoms with Crippen LogP contribution in [0.3, 0.4) is 0 Å². The van der Waals surface area contributed by atoms with Gasteiger partial charge in [-0.05, 0) is 44.1 Å². The van der Waals surface area contributed by atoms with Crippen LogP contribution in [0, 0.1) is 18.8 Å². The fourth-order valence-electron chi connectivity index (χ4n) is 3.23. The maximum Gasteiger partial charge on any atom is 0.140 e. The summed E-state index contributed by atoms with van der Waals surface area (Å²) in [7, 11) is 0. The summed E-state index contributed by atoms with van der Waals surface area (Å²) >= 11 is 0. The van der Waals surface area contributed by atoms with E-state index in [1.807, 2.05) is 0 Å². The van der Waals surface area contributed by atoms with Gasteiger partial charge in [0.2, 0.25) is 0 Å². The zero-order chi connectivity index (χ0) is 13.7. The maximum absolute atomic E-state index is 12.3. The van der Waals surface area contributed by atoms with Crippen LogP contribution >= 0.6 is 0 Å². The van der Waals surface area contributed by atoms with Gasteiger partial charge in [-0.2, -0.15) is 0 Å². The molecule has 1 heteroatoms. The highest BCUT2D eigenvalue weighted by atomic mass is 16.1. The van der Waals surface area contributed by atoms with Crippen molar-refractivity contribution in [3.8, 4) is 0 Å². The molecule has 1 saturated carbocycles. The molecule has 1 nitrogen and oxygen atoms in total. The van der Waals surface area contributed by atoms with Gasteiger partial charge in [0.15, 0.2) is 0 Å². The van der Waals surface area contributed by atoms with Crippen LogP contribution in [0.2, 0.25) is 0 Å². The summed E-state index contributed by atoms with van der Waals surface area (Å²) in [6.07, 6.45) is 8.02. The van der Waals surface area contributed by atoms with Crippen molar-refractivity contribution in [2.75, 3.05) is 0 Å². The molecule has 1 aliphatic rings. The molecule has 2 rings (SSSR count). The number of carbonyl (C=O) groups is 1. The molecule has 1 aromatic carbocycles. The number of benzene rings is 1. The quantitative estimate of drug-likeness (QED) is 0.747. The van der Waals surface area contributed by atoms with E-state index in [4.69, 9.17) is 0 Å². The van der Waals surface area contributed by atoms with Crippen LogP contribution in [0.25, 0.3) is 0 Å². The number of hydrogen-bond donors (Lipinski definition) is 0. The molecule has 1 aromatic rings. The van der Waals surface area contributed by atoms with Gasteiger partial charge >= 0.3 is 0 Å². The second-order valence-electron chi connectivity index (χ2n) is 6.14. The maximum atomic E-state index is 12.3. The summed E-state index contributed by atoms with van der Waals surface area (Å²) in [6.45, 7) is 4.34. The molecule has 0 saturated heterocycles. The molecule has 0 aromatic heterocycles. The highest BCUT2D eigenvalue weighted by Crippen LogP contribution is 2.32. The molecule has 0 N–H and O–H groups in total. The molecule has 0 unspecified atom stereocenters. The van der Waals surface area contributed by atoms with Gasteiger partial charge in [0.25, 0.3) is 0 Å². The van der Waals surface area contributed by atoms with Crippen molar-refractivity contribution in [1.82, 2.24) is 0 Å². The number of aryl methyl sites for hydroxylation is 1. The van der Waals surface area contributed by atoms with E-state index in [0.29, 0.717) is 18.1 Å². The van der Waals surface area contributed by atoms with E-state index in [0.717, 1.165) is 18.8 Å². The first-order valence-electron chi connectivity index (χ1n) is 7.77. The average Bonchev–Trinajstić information content (AvgIpc) is 2.42. The summed E-state index contributed by atoms with van der Waals surface area (Å²) < 4.78 is 0. The van der Waals surface area contributed by atoms with Crippen LogP contribution in [0.5, 0.6) is 0 Å². The highest BCUT2D eigenvalue weighted by molar-refractivity contribution is 5.83. The molecule has 1 fully saturated rings. The molecule has 0 atom stereocenters. The summed E-state index contributed by atoms with van der Waals surface area (Å²) in [6, 6.07) is 8.38. The molecular weight excluding hydrogens is 232 g/mol. The standard InChI is InChI=1S/C18H26O/c1-3-4-15-9-11-17(12-10-15)18(19)13-16-7-5-14(2)6-8-16/h5-8,15,17H,3-4,9-13H2,1-2H3. The lowest BCUT2D eigenvalue weighted by Gasteiger charge is -2.27. The highest BCUT2D eigenvalue weighted by Gasteiger charge is 2.25. The Balaban J connectivity index is 1.83. The minimum absolute atomic E-state index is 0.328. The number of Topliss-reactive ketones (excluding diaryl/α,β-unsaturated/α-hetero) is 1. The molecule has 0 spiro atoms. The Hall–Kier alpha value is -1.11. The average molecular weight is 258 g/mol. The van der Waals surface area contributed by atoms with Crippen molar-refractivity contribution in [3.05, 3.63) is 35.4 Å². The van der Waals surface area contributed by atoms with Crippen molar-refractivity contribution >= 4 is 5.78 Å². The third kappa shape index (κ3) is 4.19. The van der Waals surface area contributed by atoms with Crippen LogP contribution < -0.4 is 0 Å². The molecule has 0 amide bonds. The second-order valence-corrected chi connectivity index (χ2v) is 6.14. The third-order valence-electron chi connectivity index (χ3n) is 4.50. The van der Waals surface area contributed by atoms with Crippen molar-refractivity contribution in [3.63, 3.8) is 0 Å². The lowest BCUT2D eigenvalue weighted by atomic mass is 9.77. The van der Waals surface area contributed by atoms with E-state index in [2.05, 4.69) is 38.1 Å². The molecule has 0 radical (unpaired) electrons. The first-order valence-corrected chi connectivity index (χ1v) is 7.77. The van der Waals surface area contributed by atoms with E-state index in [1.54, 1.807) is 0 Å². The van der Waals surface area contributed by atoms with Crippen LogP contribution in [-0.4, -0.2) is 5.78 Å². The van der Waals surface area contributed by atoms with Crippen LogP contribution in [-0.2, 0) is 11.2 Å². The van der Waals surface area contributed by atoms with Gasteiger partial charge < -0.3 is 0 Å². The van der Waals surface area contributed by atoms with Crippen molar-refractivity contribution < 1.29 is 4.79 Å². The molecule has 0 heterocycles. The second kappa shape index (κ2) is 6.88. The predicted octanol–water partition coefficient (Wildman–Crippen LogP) is 4.71. The SMILES string of the molecule is CCCC1CCC(C(=O)Cc2ccc(C)cc2)CC1. The molecule has 104 valence electrons. The fraction of sp³-hybridized carbons (Fsp3) is 0.611. The normalized spacial score (nSPS) is 23.3. The van der Waals surface area contributed by atoms with Crippen molar-refractivity contribution in [2.24, 2.45) is 11.8 Å². The van der Waals surface area contributed by atoms with Gasteiger partial charge in [-0.15, -0.1) is 0 Å². The number of rotatable bonds is 5. The van der Waals surface area contributed by atoms with Gasteiger partial charge in [0.1, 0.15) is 5.78 Å². The summed E-state index contributed by atoms with van der Waals surface area (Å²) in [5.74, 6) is 1.67. The largest absolute Gasteiger partial charge is 0.299 e. The van der Waals surface area contributed by atoms with Crippen LogP contribution in [0.15, 0.2) is 24.3 Å². The first-order chi connectivity index (χ1) is 9.19. The van der Waals surface area contributed by atoms with Crippen LogP contribution in [0.1, 0.15) is 56.6 Å². The molecule has 19 heavy (non-hydrogen) atoms. The van der Waals surface area contributed by atoms with E-state index < -0.39 is 0 Å². The summed E-state index contributed by atoms with van der Waals surface area (Å²) in [4.78, 5) is 12.3. The van der Waals surface area contributed by atoms with E-state index >= 15 is 0 Å². The fourth-order valence-corrected chi connectivity index (χ4v) is 3.23. The topological polar surface area (TPSA) is 17.1 Å². The summed E-state index contributed by atoms with van der Waals surface area (Å²) in [5.41, 5.74) is 2.43. The lowest BCUT2D eigenvalue weighted by Crippen LogP contribution is -2.23. The first kappa shape index (κ1) is 14.3. The van der Waals surface area contributed by atoms with Crippen LogP contribution in [0.4, 0.5) is 0 Å². The molecule has 0 bridgehead atoms. The van der Waals surface area contributed by atoms with E-state index in [-0.39, 0.29) is 0 Å². The number of hydrogen-bond acceptors (Lipinski definition) is 1. The Labute approximate surface area is 117 Å². The zero-order valence-electron chi connectivity index (χ0n) is 12.3. The van der Waals surface area contributed by atoms with E-state index in [1.165, 1.54) is 36.8 Å². The zero-order valence-corrected chi connectivity index (χ0v) is 12.3.